The number of carboxylic acid groups (broad SMARTS) is 1. The molecule has 0 heterocycles. The molecule has 1 aromatic rings. The van der Waals surface area contributed by atoms with Crippen molar-refractivity contribution in [2.24, 2.45) is 5.92 Å². The number of ketones is 1. The third kappa shape index (κ3) is 4.69. The molecule has 0 aliphatic rings. The predicted molar refractivity (Wildman–Crippen MR) is 83.9 cm³/mol. The zero-order chi connectivity index (χ0) is 16.9. The van der Waals surface area contributed by atoms with Crippen molar-refractivity contribution >= 4 is 17.7 Å². The van der Waals surface area contributed by atoms with Crippen LogP contribution in [0, 0.1) is 5.92 Å². The second-order valence-electron chi connectivity index (χ2n) is 5.77. The highest BCUT2D eigenvalue weighted by Crippen LogP contribution is 2.19. The Labute approximate surface area is 130 Å². The first-order valence-electron chi connectivity index (χ1n) is 7.35. The molecule has 0 aliphatic heterocycles. The number of rotatable bonds is 7. The van der Waals surface area contributed by atoms with Gasteiger partial charge in [0.1, 0.15) is 0 Å². The van der Waals surface area contributed by atoms with Gasteiger partial charge in [0.15, 0.2) is 5.78 Å². The topological polar surface area (TPSA) is 74.7 Å². The predicted octanol–water partition coefficient (Wildman–Crippen LogP) is 2.56. The van der Waals surface area contributed by atoms with Gasteiger partial charge in [-0.25, -0.2) is 0 Å². The fourth-order valence-corrected chi connectivity index (χ4v) is 2.12. The quantitative estimate of drug-likeness (QED) is 0.786. The minimum absolute atomic E-state index is 0.0629. The highest BCUT2D eigenvalue weighted by Gasteiger charge is 2.20. The molecule has 1 amide bonds. The largest absolute Gasteiger partial charge is 0.481 e. The molecule has 0 spiro atoms. The van der Waals surface area contributed by atoms with Gasteiger partial charge in [0.25, 0.3) is 0 Å². The minimum atomic E-state index is -0.927. The number of likely N-dealkylation sites (N-methyl/N-ethyl adjacent to an activating group) is 1. The third-order valence-corrected chi connectivity index (χ3v) is 3.63. The molecule has 0 fully saturated rings. The van der Waals surface area contributed by atoms with E-state index in [9.17, 15) is 14.4 Å². The summed E-state index contributed by atoms with van der Waals surface area (Å²) in [6.07, 6.45) is -0.0726. The molecule has 120 valence electrons. The summed E-state index contributed by atoms with van der Waals surface area (Å²) in [5.74, 6) is -1.42. The molecule has 5 heteroatoms. The van der Waals surface area contributed by atoms with Crippen LogP contribution in [-0.4, -0.2) is 41.3 Å². The van der Waals surface area contributed by atoms with Crippen molar-refractivity contribution in [2.75, 3.05) is 13.6 Å². The smallest absolute Gasteiger partial charge is 0.305 e. The molecular weight excluding hydrogens is 282 g/mol. The average Bonchev–Trinajstić information content (AvgIpc) is 2.50. The van der Waals surface area contributed by atoms with Crippen molar-refractivity contribution in [2.45, 2.75) is 33.1 Å². The van der Waals surface area contributed by atoms with Gasteiger partial charge in [-0.15, -0.1) is 0 Å². The molecule has 5 nitrogen and oxygen atoms in total. The molecule has 1 unspecified atom stereocenters. The fourth-order valence-electron chi connectivity index (χ4n) is 2.12. The van der Waals surface area contributed by atoms with Crippen LogP contribution in [-0.2, 0) is 9.59 Å². The van der Waals surface area contributed by atoms with Crippen LogP contribution in [0.4, 0.5) is 0 Å². The van der Waals surface area contributed by atoms with E-state index in [1.54, 1.807) is 38.2 Å². The first-order valence-corrected chi connectivity index (χ1v) is 7.35. The lowest BCUT2D eigenvalue weighted by atomic mass is 9.95. The normalized spacial score (nSPS) is 12.0. The van der Waals surface area contributed by atoms with Crippen molar-refractivity contribution in [3.63, 3.8) is 0 Å². The number of carbonyl (C=O) groups is 3. The van der Waals surface area contributed by atoms with Crippen molar-refractivity contribution in [1.82, 2.24) is 4.90 Å². The highest BCUT2D eigenvalue weighted by atomic mass is 16.4. The van der Waals surface area contributed by atoms with Crippen molar-refractivity contribution in [3.05, 3.63) is 35.4 Å². The monoisotopic (exact) mass is 305 g/mol. The maximum Gasteiger partial charge on any atom is 0.305 e. The van der Waals surface area contributed by atoms with Crippen LogP contribution < -0.4 is 0 Å². The molecule has 0 radical (unpaired) electrons. The Morgan fingerprint density at radius 3 is 2.09 bits per heavy atom. The zero-order valence-electron chi connectivity index (χ0n) is 13.5. The number of carboxylic acids is 1. The Balaban J connectivity index is 2.76. The van der Waals surface area contributed by atoms with E-state index >= 15 is 0 Å². The summed E-state index contributed by atoms with van der Waals surface area (Å²) < 4.78 is 0. The van der Waals surface area contributed by atoms with Crippen LogP contribution >= 0.6 is 0 Å². The first kappa shape index (κ1) is 17.9. The Hall–Kier alpha value is -2.17. The van der Waals surface area contributed by atoms with Crippen LogP contribution in [0.15, 0.2) is 24.3 Å². The summed E-state index contributed by atoms with van der Waals surface area (Å²) in [7, 11) is 1.60. The molecule has 0 saturated carbocycles. The van der Waals surface area contributed by atoms with Crippen LogP contribution in [0.1, 0.15) is 49.0 Å². The average molecular weight is 305 g/mol. The maximum absolute atomic E-state index is 12.2. The number of carbonyl (C=O) groups excluding carboxylic acids is 2. The molecule has 1 atom stereocenters. The fraction of sp³-hybridized carbons (Fsp3) is 0.471. The molecule has 0 saturated heterocycles. The molecule has 0 aromatic heterocycles. The van der Waals surface area contributed by atoms with Gasteiger partial charge < -0.3 is 10.0 Å². The van der Waals surface area contributed by atoms with Gasteiger partial charge in [0.2, 0.25) is 5.91 Å². The van der Waals surface area contributed by atoms with Gasteiger partial charge in [-0.1, -0.05) is 38.1 Å². The number of amides is 1. The lowest BCUT2D eigenvalue weighted by Gasteiger charge is -2.21. The summed E-state index contributed by atoms with van der Waals surface area (Å²) in [4.78, 5) is 36.1. The minimum Gasteiger partial charge on any atom is -0.481 e. The zero-order valence-corrected chi connectivity index (χ0v) is 13.5. The van der Waals surface area contributed by atoms with Gasteiger partial charge in [-0.3, -0.25) is 14.4 Å². The molecule has 0 aliphatic carbocycles. The number of hydrogen-bond acceptors (Lipinski definition) is 3. The van der Waals surface area contributed by atoms with E-state index in [1.165, 1.54) is 4.90 Å². The van der Waals surface area contributed by atoms with Crippen molar-refractivity contribution < 1.29 is 19.5 Å². The van der Waals surface area contributed by atoms with E-state index < -0.39 is 5.97 Å². The van der Waals surface area contributed by atoms with E-state index in [-0.39, 0.29) is 36.5 Å². The summed E-state index contributed by atoms with van der Waals surface area (Å²) >= 11 is 0. The molecule has 0 bridgehead atoms. The summed E-state index contributed by atoms with van der Waals surface area (Å²) in [6, 6.07) is 7.03. The first-order chi connectivity index (χ1) is 10.2. The van der Waals surface area contributed by atoms with Crippen LogP contribution in [0.2, 0.25) is 0 Å². The summed E-state index contributed by atoms with van der Waals surface area (Å²) in [5, 5.41) is 8.66. The number of benzene rings is 1. The van der Waals surface area contributed by atoms with Gasteiger partial charge in [-0.05, 0) is 12.5 Å². The molecule has 1 aromatic carbocycles. The molecule has 1 rings (SSSR count). The van der Waals surface area contributed by atoms with Gasteiger partial charge in [0.05, 0.1) is 12.3 Å². The highest BCUT2D eigenvalue weighted by molar-refractivity contribution is 5.97. The van der Waals surface area contributed by atoms with Gasteiger partial charge in [-0.2, -0.15) is 0 Å². The maximum atomic E-state index is 12.2. The Kier molecular flexibility index (Phi) is 6.28. The van der Waals surface area contributed by atoms with E-state index in [4.69, 9.17) is 5.11 Å². The Morgan fingerprint density at radius 1 is 1.09 bits per heavy atom. The molecular formula is C17H23NO4. The Bertz CT molecular complexity index is 548. The van der Waals surface area contributed by atoms with E-state index in [1.807, 2.05) is 13.8 Å². The van der Waals surface area contributed by atoms with Gasteiger partial charge >= 0.3 is 5.97 Å². The van der Waals surface area contributed by atoms with Crippen LogP contribution in [0.3, 0.4) is 0 Å². The molecule has 1 N–H and O–H groups in total. The van der Waals surface area contributed by atoms with Gasteiger partial charge in [0, 0.05) is 25.1 Å². The molecule has 22 heavy (non-hydrogen) atoms. The van der Waals surface area contributed by atoms with Crippen LogP contribution in [0.25, 0.3) is 0 Å². The Morgan fingerprint density at radius 2 is 1.64 bits per heavy atom. The summed E-state index contributed by atoms with van der Waals surface area (Å²) in [5.41, 5.74) is 1.45. The lowest BCUT2D eigenvalue weighted by molar-refractivity contribution is -0.138. The van der Waals surface area contributed by atoms with E-state index in [0.29, 0.717) is 5.56 Å². The van der Waals surface area contributed by atoms with E-state index in [0.717, 1.165) is 5.56 Å². The number of hydrogen-bond donors (Lipinski definition) is 1. The second-order valence-corrected chi connectivity index (χ2v) is 5.77. The number of aliphatic carboxylic acids is 1. The van der Waals surface area contributed by atoms with Crippen molar-refractivity contribution in [3.8, 4) is 0 Å². The standard InChI is InChI=1S/C17H23NO4/c1-11(2)16(21)14-7-5-13(6-8-14)12(3)17(22)18(4)10-9-15(19)20/h5-8,11-12H,9-10H2,1-4H3,(H,19,20). The third-order valence-electron chi connectivity index (χ3n) is 3.63. The SMILES string of the molecule is CC(C)C(=O)c1ccc(C(C)C(=O)N(C)CCC(=O)O)cc1. The van der Waals surface area contributed by atoms with E-state index in [2.05, 4.69) is 0 Å². The number of nitrogens with zero attached hydrogens (tertiary/aromatic N) is 1. The second kappa shape index (κ2) is 7.73. The summed E-state index contributed by atoms with van der Waals surface area (Å²) in [6.45, 7) is 5.65. The van der Waals surface area contributed by atoms with Crippen LogP contribution in [0.5, 0.6) is 0 Å². The van der Waals surface area contributed by atoms with Crippen molar-refractivity contribution in [1.29, 1.82) is 0 Å². The lowest BCUT2D eigenvalue weighted by Crippen LogP contribution is -2.32. The number of Topliss-reactive ketones (excluding diaryl/α,β-unsaturated/α-hetero) is 1.